The Balaban J connectivity index is 2.34. The van der Waals surface area contributed by atoms with Gasteiger partial charge in [-0.1, -0.05) is 82.1 Å². The fourth-order valence-electron chi connectivity index (χ4n) is 4.81. The van der Waals surface area contributed by atoms with E-state index in [9.17, 15) is 13.5 Å². The minimum atomic E-state index is -3.50. The van der Waals surface area contributed by atoms with Crippen LogP contribution in [-0.4, -0.2) is 19.3 Å². The zero-order chi connectivity index (χ0) is 19.7. The highest BCUT2D eigenvalue weighted by molar-refractivity contribution is 7.91. The second-order valence-electron chi connectivity index (χ2n) is 7.93. The van der Waals surface area contributed by atoms with Gasteiger partial charge < -0.3 is 5.11 Å². The number of hydrogen-bond acceptors (Lipinski definition) is 3. The van der Waals surface area contributed by atoms with E-state index in [0.29, 0.717) is 5.56 Å². The lowest BCUT2D eigenvalue weighted by atomic mass is 9.61. The second kappa shape index (κ2) is 7.40. The first-order chi connectivity index (χ1) is 12.8. The fraction of sp³-hybridized carbons (Fsp3) is 0.478. The van der Waals surface area contributed by atoms with Crippen LogP contribution in [0.5, 0.6) is 0 Å². The van der Waals surface area contributed by atoms with E-state index >= 15 is 0 Å². The third-order valence-electron chi connectivity index (χ3n) is 6.60. The second-order valence-corrected chi connectivity index (χ2v) is 9.89. The Bertz CT molecular complexity index is 891. The highest BCUT2D eigenvalue weighted by atomic mass is 32.2. The molecule has 1 aliphatic rings. The maximum absolute atomic E-state index is 13.4. The Hall–Kier alpha value is -1.65. The molecule has 1 aliphatic heterocycles. The first-order valence-corrected chi connectivity index (χ1v) is 11.6. The van der Waals surface area contributed by atoms with Crippen molar-refractivity contribution >= 4 is 9.84 Å². The first-order valence-electron chi connectivity index (χ1n) is 9.92. The van der Waals surface area contributed by atoms with Crippen molar-refractivity contribution < 1.29 is 13.5 Å². The largest absolute Gasteiger partial charge is 0.380 e. The molecule has 0 saturated heterocycles. The molecule has 1 heterocycles. The van der Waals surface area contributed by atoms with Crippen molar-refractivity contribution in [2.24, 2.45) is 11.3 Å². The van der Waals surface area contributed by atoms with Crippen LogP contribution < -0.4 is 0 Å². The summed E-state index contributed by atoms with van der Waals surface area (Å²) in [7, 11) is -3.50. The van der Waals surface area contributed by atoms with Crippen LogP contribution in [0.3, 0.4) is 0 Å². The molecular weight excluding hydrogens is 356 g/mol. The molecule has 27 heavy (non-hydrogen) atoms. The van der Waals surface area contributed by atoms with Crippen molar-refractivity contribution in [1.29, 1.82) is 0 Å². The van der Waals surface area contributed by atoms with Crippen LogP contribution in [0.4, 0.5) is 0 Å². The maximum atomic E-state index is 13.4. The van der Waals surface area contributed by atoms with Crippen LogP contribution >= 0.6 is 0 Å². The van der Waals surface area contributed by atoms with Gasteiger partial charge in [0.15, 0.2) is 9.84 Å². The minimum Gasteiger partial charge on any atom is -0.380 e. The van der Waals surface area contributed by atoms with Gasteiger partial charge in [-0.3, -0.25) is 0 Å². The van der Waals surface area contributed by atoms with Gasteiger partial charge in [0.1, 0.15) is 5.60 Å². The molecule has 3 nitrogen and oxygen atoms in total. The van der Waals surface area contributed by atoms with Crippen LogP contribution in [0.15, 0.2) is 59.5 Å². The molecule has 0 aliphatic carbocycles. The van der Waals surface area contributed by atoms with Gasteiger partial charge in [-0.2, -0.15) is 0 Å². The molecule has 0 radical (unpaired) electrons. The lowest BCUT2D eigenvalue weighted by Crippen LogP contribution is -2.46. The predicted octanol–water partition coefficient (Wildman–Crippen LogP) is 4.93. The molecular formula is C23H30O3S. The molecule has 0 saturated carbocycles. The number of hydrogen-bond donors (Lipinski definition) is 1. The Morgan fingerprint density at radius 2 is 1.67 bits per heavy atom. The van der Waals surface area contributed by atoms with Crippen molar-refractivity contribution in [2.45, 2.75) is 57.0 Å². The quantitative estimate of drug-likeness (QED) is 0.792. The van der Waals surface area contributed by atoms with Crippen LogP contribution in [0, 0.1) is 11.3 Å². The topological polar surface area (TPSA) is 54.4 Å². The van der Waals surface area contributed by atoms with Crippen LogP contribution in [-0.2, 0) is 15.4 Å². The molecule has 2 unspecified atom stereocenters. The maximum Gasteiger partial charge on any atom is 0.179 e. The molecule has 0 amide bonds. The Morgan fingerprint density at radius 3 is 2.30 bits per heavy atom. The molecule has 0 fully saturated rings. The molecule has 2 aromatic rings. The number of unbranched alkanes of at least 4 members (excludes halogenated alkanes) is 1. The number of rotatable bonds is 5. The van der Waals surface area contributed by atoms with Gasteiger partial charge in [0.2, 0.25) is 0 Å². The van der Waals surface area contributed by atoms with Gasteiger partial charge in [-0.15, -0.1) is 0 Å². The van der Waals surface area contributed by atoms with Gasteiger partial charge in [0, 0.05) is 5.56 Å². The average Bonchev–Trinajstić information content (AvgIpc) is 2.75. The molecule has 4 heteroatoms. The summed E-state index contributed by atoms with van der Waals surface area (Å²) in [5, 5.41) is 12.2. The van der Waals surface area contributed by atoms with Crippen molar-refractivity contribution in [2.75, 3.05) is 5.75 Å². The minimum absolute atomic E-state index is 0.0871. The lowest BCUT2D eigenvalue weighted by Gasteiger charge is -2.45. The Morgan fingerprint density at radius 1 is 1.04 bits per heavy atom. The molecule has 1 N–H and O–H groups in total. The Kier molecular flexibility index (Phi) is 5.51. The smallest absolute Gasteiger partial charge is 0.179 e. The molecule has 3 atom stereocenters. The summed E-state index contributed by atoms with van der Waals surface area (Å²) in [5.41, 5.74) is -0.546. The molecule has 0 bridgehead atoms. The molecule has 0 spiro atoms. The SMILES string of the molecule is CCCC[C@]1(CC)CS(=O)(=O)c2ccccc2C(O)(c2ccccc2)C1C. The van der Waals surface area contributed by atoms with E-state index in [4.69, 9.17) is 0 Å². The van der Waals surface area contributed by atoms with Gasteiger partial charge in [0.25, 0.3) is 0 Å². The van der Waals surface area contributed by atoms with Gasteiger partial charge in [-0.25, -0.2) is 8.42 Å². The average molecular weight is 387 g/mol. The van der Waals surface area contributed by atoms with Crippen molar-refractivity contribution in [3.8, 4) is 0 Å². The lowest BCUT2D eigenvalue weighted by molar-refractivity contribution is -0.0410. The van der Waals surface area contributed by atoms with Gasteiger partial charge >= 0.3 is 0 Å². The van der Waals surface area contributed by atoms with E-state index in [1.165, 1.54) is 0 Å². The number of fused-ring (bicyclic) bond motifs is 1. The summed E-state index contributed by atoms with van der Waals surface area (Å²) in [4.78, 5) is 0.273. The molecule has 3 rings (SSSR count). The van der Waals surface area contributed by atoms with E-state index in [1.54, 1.807) is 18.2 Å². The first kappa shape index (κ1) is 20.1. The van der Waals surface area contributed by atoms with E-state index in [1.807, 2.05) is 43.3 Å². The fourth-order valence-corrected chi connectivity index (χ4v) is 7.17. The van der Waals surface area contributed by atoms with E-state index in [-0.39, 0.29) is 16.6 Å². The van der Waals surface area contributed by atoms with Crippen molar-refractivity contribution in [1.82, 2.24) is 0 Å². The van der Waals surface area contributed by atoms with Crippen LogP contribution in [0.1, 0.15) is 57.6 Å². The van der Waals surface area contributed by atoms with E-state index in [2.05, 4.69) is 13.8 Å². The van der Waals surface area contributed by atoms with E-state index < -0.39 is 20.9 Å². The molecule has 2 aromatic carbocycles. The van der Waals surface area contributed by atoms with E-state index in [0.717, 1.165) is 31.2 Å². The summed E-state index contributed by atoms with van der Waals surface area (Å²) < 4.78 is 26.8. The highest BCUT2D eigenvalue weighted by Gasteiger charge is 2.54. The predicted molar refractivity (Wildman–Crippen MR) is 109 cm³/mol. The van der Waals surface area contributed by atoms with Gasteiger partial charge in [0.05, 0.1) is 10.6 Å². The summed E-state index contributed by atoms with van der Waals surface area (Å²) in [6.45, 7) is 6.21. The number of aliphatic hydroxyl groups is 1. The standard InChI is InChI=1S/C23H30O3S/c1-4-6-16-22(5-2)17-27(25,26)21-15-11-10-14-20(21)23(24,18(22)3)19-12-8-7-9-13-19/h7-15,18,24H,4-6,16-17H2,1-3H3/t18?,22-,23?/m1/s1. The third-order valence-corrected chi connectivity index (χ3v) is 8.58. The summed E-state index contributed by atoms with van der Waals surface area (Å²) in [6, 6.07) is 16.5. The third kappa shape index (κ3) is 3.23. The zero-order valence-corrected chi connectivity index (χ0v) is 17.3. The zero-order valence-electron chi connectivity index (χ0n) is 16.5. The number of sulfone groups is 1. The normalized spacial score (nSPS) is 29.7. The molecule has 146 valence electrons. The highest BCUT2D eigenvalue weighted by Crippen LogP contribution is 2.54. The molecule has 0 aromatic heterocycles. The summed E-state index contributed by atoms with van der Waals surface area (Å²) in [5.74, 6) is -0.147. The van der Waals surface area contributed by atoms with Crippen molar-refractivity contribution in [3.05, 3.63) is 65.7 Å². The van der Waals surface area contributed by atoms with Gasteiger partial charge in [-0.05, 0) is 35.8 Å². The van der Waals surface area contributed by atoms with Crippen LogP contribution in [0.2, 0.25) is 0 Å². The Labute approximate surface area is 163 Å². The van der Waals surface area contributed by atoms with Crippen molar-refractivity contribution in [3.63, 3.8) is 0 Å². The summed E-state index contributed by atoms with van der Waals surface area (Å²) >= 11 is 0. The summed E-state index contributed by atoms with van der Waals surface area (Å²) in [6.07, 6.45) is 3.47. The number of benzene rings is 2. The monoisotopic (exact) mass is 386 g/mol. The van der Waals surface area contributed by atoms with Crippen LogP contribution in [0.25, 0.3) is 0 Å².